The summed E-state index contributed by atoms with van der Waals surface area (Å²) in [4.78, 5) is 30.8. The minimum absolute atomic E-state index is 0.218. The number of thiazole rings is 1. The van der Waals surface area contributed by atoms with Crippen molar-refractivity contribution in [1.29, 1.82) is 5.26 Å². The van der Waals surface area contributed by atoms with Gasteiger partial charge >= 0.3 is 0 Å². The molecule has 1 heterocycles. The van der Waals surface area contributed by atoms with Crippen LogP contribution < -0.4 is 20.7 Å². The Labute approximate surface area is 240 Å². The van der Waals surface area contributed by atoms with E-state index in [0.29, 0.717) is 40.3 Å². The summed E-state index contributed by atoms with van der Waals surface area (Å²) in [5, 5.41) is 18.5. The van der Waals surface area contributed by atoms with E-state index in [9.17, 15) is 9.59 Å². The Morgan fingerprint density at radius 3 is 2.55 bits per heavy atom. The zero-order valence-corrected chi connectivity index (χ0v) is 24.7. The van der Waals surface area contributed by atoms with Crippen LogP contribution in [0.3, 0.4) is 0 Å². The minimum Gasteiger partial charge on any atom is -0.484 e. The molecule has 0 saturated heterocycles. The SMILES string of the molecule is CC.CC.COCCNC1CCc2nc(NC(=O)c3cccc(OCC(=O)Nc4ccc(C#N)cc4)c3)sc2C1. The molecule has 3 aromatic rings. The van der Waals surface area contributed by atoms with Crippen molar-refractivity contribution in [1.82, 2.24) is 10.3 Å². The van der Waals surface area contributed by atoms with Gasteiger partial charge in [0.25, 0.3) is 11.8 Å². The molecule has 1 aromatic heterocycles. The highest BCUT2D eigenvalue weighted by molar-refractivity contribution is 7.15. The van der Waals surface area contributed by atoms with Gasteiger partial charge in [-0.05, 0) is 61.7 Å². The second-order valence-corrected chi connectivity index (χ2v) is 9.37. The van der Waals surface area contributed by atoms with Gasteiger partial charge in [0.1, 0.15) is 5.75 Å². The average molecular weight is 566 g/mol. The molecular formula is C30H39N5O4S. The van der Waals surface area contributed by atoms with E-state index in [0.717, 1.165) is 31.5 Å². The third kappa shape index (κ3) is 10.1. The molecule has 0 fully saturated rings. The van der Waals surface area contributed by atoms with Crippen molar-refractivity contribution < 1.29 is 19.1 Å². The van der Waals surface area contributed by atoms with Crippen LogP contribution in [0.4, 0.5) is 10.8 Å². The summed E-state index contributed by atoms with van der Waals surface area (Å²) in [6.07, 6.45) is 2.77. The van der Waals surface area contributed by atoms with Crippen molar-refractivity contribution in [3.8, 4) is 11.8 Å². The van der Waals surface area contributed by atoms with Crippen molar-refractivity contribution in [2.45, 2.75) is 53.0 Å². The average Bonchev–Trinajstić information content (AvgIpc) is 3.40. The normalized spacial score (nSPS) is 13.2. The first-order valence-electron chi connectivity index (χ1n) is 13.6. The lowest BCUT2D eigenvalue weighted by Crippen LogP contribution is -2.36. The highest BCUT2D eigenvalue weighted by Crippen LogP contribution is 2.30. The maximum atomic E-state index is 12.8. The molecule has 1 atom stereocenters. The summed E-state index contributed by atoms with van der Waals surface area (Å²) in [5.74, 6) is -0.234. The number of anilines is 2. The van der Waals surface area contributed by atoms with Gasteiger partial charge in [-0.3, -0.25) is 14.9 Å². The Morgan fingerprint density at radius 2 is 1.85 bits per heavy atom. The zero-order chi connectivity index (χ0) is 29.3. The van der Waals surface area contributed by atoms with E-state index in [1.807, 2.05) is 33.8 Å². The van der Waals surface area contributed by atoms with Gasteiger partial charge in [0.15, 0.2) is 11.7 Å². The standard InChI is InChI=1S/C26H27N5O4S.2C2H6/c1-34-12-11-28-20-9-10-22-23(14-20)36-26(30-22)31-25(33)18-3-2-4-21(13-18)35-16-24(32)29-19-7-5-17(15-27)6-8-19;2*1-2/h2-8,13,20,28H,9-12,14,16H2,1H3,(H,29,32)(H,30,31,33);2*1-2H3. The van der Waals surface area contributed by atoms with E-state index < -0.39 is 0 Å². The molecule has 2 amide bonds. The molecule has 0 radical (unpaired) electrons. The van der Waals surface area contributed by atoms with E-state index >= 15 is 0 Å². The topological polar surface area (TPSA) is 125 Å². The zero-order valence-electron chi connectivity index (χ0n) is 23.9. The second-order valence-electron chi connectivity index (χ2n) is 8.28. The molecule has 0 spiro atoms. The van der Waals surface area contributed by atoms with E-state index in [4.69, 9.17) is 14.7 Å². The lowest BCUT2D eigenvalue weighted by atomic mass is 9.98. The molecule has 2 aromatic carbocycles. The van der Waals surface area contributed by atoms with E-state index in [2.05, 4.69) is 20.9 Å². The first-order chi connectivity index (χ1) is 19.5. The number of nitriles is 1. The first kappa shape index (κ1) is 32.4. The van der Waals surface area contributed by atoms with Crippen molar-refractivity contribution in [2.24, 2.45) is 0 Å². The van der Waals surface area contributed by atoms with Gasteiger partial charge in [-0.1, -0.05) is 33.8 Å². The van der Waals surface area contributed by atoms with Gasteiger partial charge in [0.2, 0.25) is 0 Å². The number of ether oxygens (including phenoxy) is 2. The molecule has 40 heavy (non-hydrogen) atoms. The van der Waals surface area contributed by atoms with Crippen LogP contribution in [-0.4, -0.2) is 49.7 Å². The maximum absolute atomic E-state index is 12.8. The van der Waals surface area contributed by atoms with Crippen LogP contribution in [0.2, 0.25) is 0 Å². The molecule has 10 heteroatoms. The largest absolute Gasteiger partial charge is 0.484 e. The third-order valence-electron chi connectivity index (χ3n) is 5.66. The molecule has 0 saturated carbocycles. The number of nitrogens with one attached hydrogen (secondary N) is 3. The molecule has 1 unspecified atom stereocenters. The van der Waals surface area contributed by atoms with E-state index in [1.54, 1.807) is 55.6 Å². The van der Waals surface area contributed by atoms with Crippen LogP contribution in [0.5, 0.6) is 5.75 Å². The number of hydrogen-bond donors (Lipinski definition) is 3. The molecule has 4 rings (SSSR count). The number of rotatable bonds is 10. The van der Waals surface area contributed by atoms with Gasteiger partial charge < -0.3 is 20.1 Å². The summed E-state index contributed by atoms with van der Waals surface area (Å²) in [6, 6.07) is 15.6. The van der Waals surface area contributed by atoms with Crippen LogP contribution in [0, 0.1) is 11.3 Å². The number of hydrogen-bond acceptors (Lipinski definition) is 8. The first-order valence-corrected chi connectivity index (χ1v) is 14.4. The predicted molar refractivity (Wildman–Crippen MR) is 160 cm³/mol. The van der Waals surface area contributed by atoms with Crippen molar-refractivity contribution in [2.75, 3.05) is 37.5 Å². The van der Waals surface area contributed by atoms with Crippen molar-refractivity contribution >= 4 is 34.0 Å². The third-order valence-corrected chi connectivity index (χ3v) is 6.70. The fourth-order valence-corrected chi connectivity index (χ4v) is 4.92. The number of carbonyl (C=O) groups is 2. The maximum Gasteiger partial charge on any atom is 0.262 e. The van der Waals surface area contributed by atoms with E-state index in [-0.39, 0.29) is 18.4 Å². The summed E-state index contributed by atoms with van der Waals surface area (Å²) in [6.45, 7) is 9.27. The number of fused-ring (bicyclic) bond motifs is 1. The monoisotopic (exact) mass is 565 g/mol. The quantitative estimate of drug-likeness (QED) is 0.280. The fourth-order valence-electron chi connectivity index (χ4n) is 3.84. The van der Waals surface area contributed by atoms with Crippen LogP contribution in [0.25, 0.3) is 0 Å². The number of aryl methyl sites for hydroxylation is 1. The number of aromatic nitrogens is 1. The molecule has 1 aliphatic carbocycles. The number of carbonyl (C=O) groups excluding carboxylic acids is 2. The Bertz CT molecular complexity index is 1250. The Hall–Kier alpha value is -3.78. The smallest absolute Gasteiger partial charge is 0.262 e. The van der Waals surface area contributed by atoms with Crippen LogP contribution in [0.15, 0.2) is 48.5 Å². The van der Waals surface area contributed by atoms with Crippen molar-refractivity contribution in [3.05, 3.63) is 70.2 Å². The second kappa shape index (κ2) is 17.7. The van der Waals surface area contributed by atoms with Gasteiger partial charge in [-0.2, -0.15) is 5.26 Å². The summed E-state index contributed by atoms with van der Waals surface area (Å²) in [5.41, 5.74) is 2.54. The highest BCUT2D eigenvalue weighted by Gasteiger charge is 2.23. The van der Waals surface area contributed by atoms with Gasteiger partial charge in [0, 0.05) is 35.8 Å². The van der Waals surface area contributed by atoms with Gasteiger partial charge in [-0.15, -0.1) is 11.3 Å². The molecule has 0 aliphatic heterocycles. The molecule has 0 bridgehead atoms. The molecule has 9 nitrogen and oxygen atoms in total. The van der Waals surface area contributed by atoms with Gasteiger partial charge in [0.05, 0.1) is 23.9 Å². The fraction of sp³-hybridized carbons (Fsp3) is 0.400. The number of methoxy groups -OCH3 is 1. The van der Waals surface area contributed by atoms with Crippen LogP contribution in [-0.2, 0) is 22.4 Å². The molecule has 3 N–H and O–H groups in total. The number of benzene rings is 2. The minimum atomic E-state index is -0.349. The summed E-state index contributed by atoms with van der Waals surface area (Å²) < 4.78 is 10.7. The Kier molecular flexibility index (Phi) is 14.4. The van der Waals surface area contributed by atoms with Crippen molar-refractivity contribution in [3.63, 3.8) is 0 Å². The highest BCUT2D eigenvalue weighted by atomic mass is 32.1. The lowest BCUT2D eigenvalue weighted by molar-refractivity contribution is -0.118. The van der Waals surface area contributed by atoms with Crippen LogP contribution >= 0.6 is 11.3 Å². The molecule has 214 valence electrons. The Morgan fingerprint density at radius 1 is 1.10 bits per heavy atom. The van der Waals surface area contributed by atoms with Crippen LogP contribution in [0.1, 0.15) is 60.6 Å². The summed E-state index contributed by atoms with van der Waals surface area (Å²) in [7, 11) is 1.69. The molecular weight excluding hydrogens is 526 g/mol. The molecule has 1 aliphatic rings. The summed E-state index contributed by atoms with van der Waals surface area (Å²) >= 11 is 1.51. The number of nitrogens with zero attached hydrogens (tertiary/aromatic N) is 2. The predicted octanol–water partition coefficient (Wildman–Crippen LogP) is 5.43. The number of amides is 2. The van der Waals surface area contributed by atoms with Gasteiger partial charge in [-0.25, -0.2) is 4.98 Å². The Balaban J connectivity index is 0.00000134. The lowest BCUT2D eigenvalue weighted by Gasteiger charge is -2.22. The van der Waals surface area contributed by atoms with E-state index in [1.165, 1.54) is 16.2 Å².